The number of carboxylic acid groups (broad SMARTS) is 1. The largest absolute Gasteiger partial charge is 0.486 e. The molecule has 6 heteroatoms. The highest BCUT2D eigenvalue weighted by Gasteiger charge is 2.11. The normalized spacial score (nSPS) is 10.8. The quantitative estimate of drug-likeness (QED) is 0.913. The van der Waals surface area contributed by atoms with Gasteiger partial charge in [-0.3, -0.25) is 4.68 Å². The molecule has 0 spiro atoms. The molecule has 5 nitrogen and oxygen atoms in total. The van der Waals surface area contributed by atoms with Gasteiger partial charge in [-0.05, 0) is 31.5 Å². The van der Waals surface area contributed by atoms with E-state index in [0.717, 1.165) is 6.07 Å². The van der Waals surface area contributed by atoms with Crippen LogP contribution in [0.1, 0.15) is 35.8 Å². The van der Waals surface area contributed by atoms with Gasteiger partial charge in [-0.25, -0.2) is 9.18 Å². The van der Waals surface area contributed by atoms with Crippen molar-refractivity contribution >= 4 is 5.97 Å². The van der Waals surface area contributed by atoms with Crippen LogP contribution in [0.3, 0.4) is 0 Å². The molecular weight excluding hydrogens is 263 g/mol. The number of ether oxygens (including phenoxy) is 1. The molecule has 0 aliphatic rings. The third kappa shape index (κ3) is 3.14. The fourth-order valence-electron chi connectivity index (χ4n) is 1.67. The minimum absolute atomic E-state index is 0.157. The predicted octanol–water partition coefficient (Wildman–Crippen LogP) is 2.88. The van der Waals surface area contributed by atoms with Crippen LogP contribution in [0.5, 0.6) is 5.75 Å². The van der Waals surface area contributed by atoms with Crippen molar-refractivity contribution < 1.29 is 19.0 Å². The molecule has 1 N–H and O–H groups in total. The van der Waals surface area contributed by atoms with Crippen molar-refractivity contribution in [3.8, 4) is 5.75 Å². The zero-order valence-electron chi connectivity index (χ0n) is 11.2. The number of hydrogen-bond acceptors (Lipinski definition) is 3. The lowest BCUT2D eigenvalue weighted by atomic mass is 10.1. The average molecular weight is 278 g/mol. The summed E-state index contributed by atoms with van der Waals surface area (Å²) in [5, 5.41) is 13.0. The maximum Gasteiger partial charge on any atom is 0.338 e. The van der Waals surface area contributed by atoms with E-state index in [1.54, 1.807) is 17.1 Å². The third-order valence-corrected chi connectivity index (χ3v) is 2.77. The molecule has 0 aliphatic carbocycles. The van der Waals surface area contributed by atoms with Gasteiger partial charge in [0, 0.05) is 6.04 Å². The minimum atomic E-state index is -1.29. The molecule has 1 aromatic carbocycles. The van der Waals surface area contributed by atoms with Crippen molar-refractivity contribution in [2.24, 2.45) is 0 Å². The summed E-state index contributed by atoms with van der Waals surface area (Å²) in [6.07, 6.45) is 3.34. The molecule has 0 unspecified atom stereocenters. The number of carboxylic acids is 1. The maximum atomic E-state index is 13.2. The van der Waals surface area contributed by atoms with Crippen molar-refractivity contribution in [3.05, 3.63) is 47.5 Å². The first-order valence-electron chi connectivity index (χ1n) is 6.16. The van der Waals surface area contributed by atoms with Gasteiger partial charge < -0.3 is 9.84 Å². The predicted molar refractivity (Wildman–Crippen MR) is 70.3 cm³/mol. The number of hydrogen-bond donors (Lipinski definition) is 1. The second-order valence-corrected chi connectivity index (χ2v) is 4.66. The van der Waals surface area contributed by atoms with Crippen molar-refractivity contribution in [2.75, 3.05) is 0 Å². The summed E-state index contributed by atoms with van der Waals surface area (Å²) in [6, 6.07) is 4.12. The highest BCUT2D eigenvalue weighted by molar-refractivity contribution is 5.88. The Bertz CT molecular complexity index is 623. The molecule has 20 heavy (non-hydrogen) atoms. The Morgan fingerprint density at radius 2 is 2.25 bits per heavy atom. The number of nitrogens with zero attached hydrogens (tertiary/aromatic N) is 2. The van der Waals surface area contributed by atoms with Crippen LogP contribution >= 0.6 is 0 Å². The summed E-state index contributed by atoms with van der Waals surface area (Å²) in [5.74, 6) is -1.47. The first-order chi connectivity index (χ1) is 9.47. The van der Waals surface area contributed by atoms with E-state index < -0.39 is 11.8 Å². The van der Waals surface area contributed by atoms with Crippen LogP contribution in [-0.4, -0.2) is 20.9 Å². The van der Waals surface area contributed by atoms with Crippen LogP contribution in [0.2, 0.25) is 0 Å². The summed E-state index contributed by atoms with van der Waals surface area (Å²) >= 11 is 0. The van der Waals surface area contributed by atoms with E-state index in [0.29, 0.717) is 11.3 Å². The summed E-state index contributed by atoms with van der Waals surface area (Å²) in [5.41, 5.74) is 0.227. The fourth-order valence-corrected chi connectivity index (χ4v) is 1.67. The Kier molecular flexibility index (Phi) is 4.02. The average Bonchev–Trinajstić information content (AvgIpc) is 2.86. The number of carbonyl (C=O) groups is 1. The van der Waals surface area contributed by atoms with Crippen molar-refractivity contribution in [3.63, 3.8) is 0 Å². The second-order valence-electron chi connectivity index (χ2n) is 4.66. The van der Waals surface area contributed by atoms with E-state index in [-0.39, 0.29) is 18.2 Å². The third-order valence-electron chi connectivity index (χ3n) is 2.77. The topological polar surface area (TPSA) is 64.3 Å². The second kappa shape index (κ2) is 5.73. The number of halogens is 1. The molecule has 0 fully saturated rings. The molecule has 0 amide bonds. The van der Waals surface area contributed by atoms with E-state index in [4.69, 9.17) is 9.84 Å². The lowest BCUT2D eigenvalue weighted by Crippen LogP contribution is -2.03. The molecule has 0 bridgehead atoms. The standard InChI is InChI=1S/C14H15FN2O3/c1-9(2)17-7-11(6-16-17)20-8-10-3-4-13(15)12(5-10)14(18)19/h3-7,9H,8H2,1-2H3,(H,18,19). The van der Waals surface area contributed by atoms with Gasteiger partial charge in [0.1, 0.15) is 12.4 Å². The first-order valence-corrected chi connectivity index (χ1v) is 6.16. The van der Waals surface area contributed by atoms with Crippen LogP contribution in [-0.2, 0) is 6.61 Å². The lowest BCUT2D eigenvalue weighted by Gasteiger charge is -2.06. The Labute approximate surface area is 115 Å². The van der Waals surface area contributed by atoms with Gasteiger partial charge in [-0.2, -0.15) is 5.10 Å². The van der Waals surface area contributed by atoms with Gasteiger partial charge >= 0.3 is 5.97 Å². The number of benzene rings is 1. The molecule has 0 radical (unpaired) electrons. The maximum absolute atomic E-state index is 13.2. The molecule has 0 atom stereocenters. The van der Waals surface area contributed by atoms with Gasteiger partial charge in [0.2, 0.25) is 0 Å². The molecule has 0 aliphatic heterocycles. The van der Waals surface area contributed by atoms with Gasteiger partial charge in [-0.1, -0.05) is 6.07 Å². The molecule has 2 aromatic rings. The molecular formula is C14H15FN2O3. The van der Waals surface area contributed by atoms with E-state index in [1.165, 1.54) is 12.1 Å². The molecule has 106 valence electrons. The summed E-state index contributed by atoms with van der Waals surface area (Å²) in [7, 11) is 0. The van der Waals surface area contributed by atoms with Crippen LogP contribution in [0.15, 0.2) is 30.6 Å². The van der Waals surface area contributed by atoms with Crippen molar-refractivity contribution in [2.45, 2.75) is 26.5 Å². The molecule has 0 saturated carbocycles. The SMILES string of the molecule is CC(C)n1cc(OCc2ccc(F)c(C(=O)O)c2)cn1. The summed E-state index contributed by atoms with van der Waals surface area (Å²) in [6.45, 7) is 4.15. The van der Waals surface area contributed by atoms with E-state index in [1.807, 2.05) is 13.8 Å². The Morgan fingerprint density at radius 3 is 2.85 bits per heavy atom. The minimum Gasteiger partial charge on any atom is -0.486 e. The van der Waals surface area contributed by atoms with E-state index in [2.05, 4.69) is 5.10 Å². The van der Waals surface area contributed by atoms with Gasteiger partial charge in [0.25, 0.3) is 0 Å². The first kappa shape index (κ1) is 14.0. The number of rotatable bonds is 5. The number of aromatic nitrogens is 2. The fraction of sp³-hybridized carbons (Fsp3) is 0.286. The molecule has 1 heterocycles. The lowest BCUT2D eigenvalue weighted by molar-refractivity contribution is 0.0691. The van der Waals surface area contributed by atoms with Crippen LogP contribution in [0, 0.1) is 5.82 Å². The zero-order valence-corrected chi connectivity index (χ0v) is 11.2. The van der Waals surface area contributed by atoms with E-state index >= 15 is 0 Å². The van der Waals surface area contributed by atoms with Gasteiger partial charge in [0.05, 0.1) is 18.0 Å². The van der Waals surface area contributed by atoms with Gasteiger partial charge in [-0.15, -0.1) is 0 Å². The van der Waals surface area contributed by atoms with Crippen LogP contribution < -0.4 is 4.74 Å². The highest BCUT2D eigenvalue weighted by atomic mass is 19.1. The summed E-state index contributed by atoms with van der Waals surface area (Å²) < 4.78 is 20.5. The molecule has 1 aromatic heterocycles. The summed E-state index contributed by atoms with van der Waals surface area (Å²) in [4.78, 5) is 10.8. The monoisotopic (exact) mass is 278 g/mol. The smallest absolute Gasteiger partial charge is 0.338 e. The zero-order chi connectivity index (χ0) is 14.7. The number of aromatic carboxylic acids is 1. The van der Waals surface area contributed by atoms with Crippen molar-refractivity contribution in [1.29, 1.82) is 0 Å². The van der Waals surface area contributed by atoms with Crippen LogP contribution in [0.25, 0.3) is 0 Å². The van der Waals surface area contributed by atoms with E-state index in [9.17, 15) is 9.18 Å². The molecule has 2 rings (SSSR count). The Morgan fingerprint density at radius 1 is 1.50 bits per heavy atom. The van der Waals surface area contributed by atoms with Gasteiger partial charge in [0.15, 0.2) is 5.75 Å². The molecule has 0 saturated heterocycles. The Hall–Kier alpha value is -2.37. The Balaban J connectivity index is 2.06. The highest BCUT2D eigenvalue weighted by Crippen LogP contribution is 2.16. The van der Waals surface area contributed by atoms with Crippen LogP contribution in [0.4, 0.5) is 4.39 Å². The van der Waals surface area contributed by atoms with Crippen molar-refractivity contribution in [1.82, 2.24) is 9.78 Å².